The molecule has 1 aromatic rings. The van der Waals surface area contributed by atoms with Gasteiger partial charge in [-0.25, -0.2) is 9.97 Å². The van der Waals surface area contributed by atoms with Gasteiger partial charge in [-0.1, -0.05) is 0 Å². The third-order valence-electron chi connectivity index (χ3n) is 2.10. The molecule has 0 aliphatic heterocycles. The second kappa shape index (κ2) is 7.67. The maximum Gasteiger partial charge on any atom is 0.204 e. The lowest BCUT2D eigenvalue weighted by Gasteiger charge is -2.13. The smallest absolute Gasteiger partial charge is 0.204 e. The van der Waals surface area contributed by atoms with Crippen molar-refractivity contribution in [2.45, 2.75) is 13.8 Å². The van der Waals surface area contributed by atoms with Crippen LogP contribution < -0.4 is 15.4 Å². The number of nitrogens with one attached hydrogen (secondary N) is 2. The Morgan fingerprint density at radius 1 is 1.18 bits per heavy atom. The van der Waals surface area contributed by atoms with E-state index in [4.69, 9.17) is 9.47 Å². The summed E-state index contributed by atoms with van der Waals surface area (Å²) in [4.78, 5) is 8.27. The highest BCUT2D eigenvalue weighted by atomic mass is 16.5. The van der Waals surface area contributed by atoms with Crippen LogP contribution in [0, 0.1) is 0 Å². The second-order valence-corrected chi connectivity index (χ2v) is 3.26. The predicted molar refractivity (Wildman–Crippen MR) is 67.7 cm³/mol. The number of hydrogen-bond acceptors (Lipinski definition) is 6. The average molecular weight is 240 g/mol. The van der Waals surface area contributed by atoms with Gasteiger partial charge in [0.1, 0.15) is 6.33 Å². The molecule has 6 nitrogen and oxygen atoms in total. The van der Waals surface area contributed by atoms with Crippen LogP contribution in [0.2, 0.25) is 0 Å². The van der Waals surface area contributed by atoms with Gasteiger partial charge in [-0.05, 0) is 13.8 Å². The standard InChI is InChI=1S/C11H20N4O2/c1-4-12-10-9(16-3)11(15-8-14-10)13-6-7-17-5-2/h8H,4-7H2,1-3H3,(H2,12,13,14,15). The lowest BCUT2D eigenvalue weighted by atomic mass is 10.4. The molecule has 2 N–H and O–H groups in total. The Balaban J connectivity index is 2.66. The van der Waals surface area contributed by atoms with E-state index in [0.29, 0.717) is 37.1 Å². The minimum Gasteiger partial charge on any atom is -0.490 e. The molecule has 0 unspecified atom stereocenters. The van der Waals surface area contributed by atoms with Gasteiger partial charge >= 0.3 is 0 Å². The molecule has 0 aliphatic carbocycles. The number of methoxy groups -OCH3 is 1. The Bertz CT molecular complexity index is 333. The second-order valence-electron chi connectivity index (χ2n) is 3.26. The van der Waals surface area contributed by atoms with E-state index in [1.54, 1.807) is 7.11 Å². The molecule has 0 radical (unpaired) electrons. The van der Waals surface area contributed by atoms with Crippen LogP contribution in [-0.2, 0) is 4.74 Å². The van der Waals surface area contributed by atoms with Crippen molar-refractivity contribution in [1.29, 1.82) is 0 Å². The monoisotopic (exact) mass is 240 g/mol. The number of ether oxygens (including phenoxy) is 2. The Kier molecular flexibility index (Phi) is 6.09. The van der Waals surface area contributed by atoms with Crippen molar-refractivity contribution in [3.63, 3.8) is 0 Å². The summed E-state index contributed by atoms with van der Waals surface area (Å²) in [5, 5.41) is 6.28. The van der Waals surface area contributed by atoms with Crippen molar-refractivity contribution in [2.75, 3.05) is 44.0 Å². The highest BCUT2D eigenvalue weighted by Crippen LogP contribution is 2.28. The maximum absolute atomic E-state index is 5.30. The molecule has 0 spiro atoms. The van der Waals surface area contributed by atoms with Crippen molar-refractivity contribution in [3.05, 3.63) is 6.33 Å². The van der Waals surface area contributed by atoms with Gasteiger partial charge in [0.15, 0.2) is 11.6 Å². The quantitative estimate of drug-likeness (QED) is 0.669. The molecule has 0 atom stereocenters. The lowest BCUT2D eigenvalue weighted by Crippen LogP contribution is -2.12. The van der Waals surface area contributed by atoms with Gasteiger partial charge in [-0.2, -0.15) is 0 Å². The summed E-state index contributed by atoms with van der Waals surface area (Å²) in [5.41, 5.74) is 0. The van der Waals surface area contributed by atoms with Crippen LogP contribution in [0.5, 0.6) is 5.75 Å². The third kappa shape index (κ3) is 4.07. The summed E-state index contributed by atoms with van der Waals surface area (Å²) in [5.74, 6) is 2.01. The van der Waals surface area contributed by atoms with Gasteiger partial charge in [0.25, 0.3) is 0 Å². The maximum atomic E-state index is 5.30. The van der Waals surface area contributed by atoms with Crippen LogP contribution in [-0.4, -0.2) is 43.4 Å². The van der Waals surface area contributed by atoms with E-state index in [-0.39, 0.29) is 0 Å². The minimum atomic E-state index is 0.630. The van der Waals surface area contributed by atoms with Gasteiger partial charge < -0.3 is 20.1 Å². The Morgan fingerprint density at radius 3 is 2.47 bits per heavy atom. The molecular formula is C11H20N4O2. The number of rotatable bonds is 8. The van der Waals surface area contributed by atoms with E-state index in [0.717, 1.165) is 6.54 Å². The Labute approximate surface area is 102 Å². The first-order chi connectivity index (χ1) is 8.33. The predicted octanol–water partition coefficient (Wildman–Crippen LogP) is 1.37. The Hall–Kier alpha value is -1.56. The molecule has 96 valence electrons. The molecule has 0 saturated heterocycles. The molecule has 1 aromatic heterocycles. The van der Waals surface area contributed by atoms with E-state index < -0.39 is 0 Å². The first-order valence-corrected chi connectivity index (χ1v) is 5.77. The lowest BCUT2D eigenvalue weighted by molar-refractivity contribution is 0.158. The fraction of sp³-hybridized carbons (Fsp3) is 0.636. The Morgan fingerprint density at radius 2 is 1.88 bits per heavy atom. The number of nitrogens with zero attached hydrogens (tertiary/aromatic N) is 2. The van der Waals surface area contributed by atoms with E-state index >= 15 is 0 Å². The average Bonchev–Trinajstić information content (AvgIpc) is 2.35. The summed E-state index contributed by atoms with van der Waals surface area (Å²) in [6.45, 7) is 6.79. The van der Waals surface area contributed by atoms with Crippen LogP contribution in [0.3, 0.4) is 0 Å². The zero-order valence-electron chi connectivity index (χ0n) is 10.6. The van der Waals surface area contributed by atoms with Gasteiger partial charge in [-0.3, -0.25) is 0 Å². The van der Waals surface area contributed by atoms with E-state index in [1.165, 1.54) is 6.33 Å². The molecule has 0 fully saturated rings. The summed E-state index contributed by atoms with van der Waals surface area (Å²) in [6, 6.07) is 0. The summed E-state index contributed by atoms with van der Waals surface area (Å²) in [7, 11) is 1.60. The molecular weight excluding hydrogens is 220 g/mol. The van der Waals surface area contributed by atoms with Crippen molar-refractivity contribution in [1.82, 2.24) is 9.97 Å². The van der Waals surface area contributed by atoms with E-state index in [9.17, 15) is 0 Å². The summed E-state index contributed by atoms with van der Waals surface area (Å²) >= 11 is 0. The summed E-state index contributed by atoms with van der Waals surface area (Å²) < 4.78 is 10.5. The number of hydrogen-bond donors (Lipinski definition) is 2. The minimum absolute atomic E-state index is 0.630. The van der Waals surface area contributed by atoms with E-state index in [1.807, 2.05) is 13.8 Å². The number of anilines is 2. The van der Waals surface area contributed by atoms with Crippen molar-refractivity contribution < 1.29 is 9.47 Å². The summed E-state index contributed by atoms with van der Waals surface area (Å²) in [6.07, 6.45) is 1.50. The van der Waals surface area contributed by atoms with Gasteiger partial charge in [0, 0.05) is 19.7 Å². The van der Waals surface area contributed by atoms with E-state index in [2.05, 4.69) is 20.6 Å². The van der Waals surface area contributed by atoms with Crippen LogP contribution in [0.25, 0.3) is 0 Å². The van der Waals surface area contributed by atoms with Crippen LogP contribution in [0.1, 0.15) is 13.8 Å². The van der Waals surface area contributed by atoms with Gasteiger partial charge in [0.2, 0.25) is 5.75 Å². The van der Waals surface area contributed by atoms with Crippen molar-refractivity contribution in [2.24, 2.45) is 0 Å². The van der Waals surface area contributed by atoms with Crippen molar-refractivity contribution >= 4 is 11.6 Å². The first-order valence-electron chi connectivity index (χ1n) is 5.77. The fourth-order valence-corrected chi connectivity index (χ4v) is 1.37. The topological polar surface area (TPSA) is 68.3 Å². The fourth-order valence-electron chi connectivity index (χ4n) is 1.37. The molecule has 0 bridgehead atoms. The van der Waals surface area contributed by atoms with Crippen LogP contribution in [0.4, 0.5) is 11.6 Å². The van der Waals surface area contributed by atoms with Crippen molar-refractivity contribution in [3.8, 4) is 5.75 Å². The molecule has 0 saturated carbocycles. The molecule has 0 aromatic carbocycles. The molecule has 1 heterocycles. The molecule has 0 amide bonds. The van der Waals surface area contributed by atoms with Crippen LogP contribution >= 0.6 is 0 Å². The zero-order valence-corrected chi connectivity index (χ0v) is 10.6. The molecule has 1 rings (SSSR count). The van der Waals surface area contributed by atoms with Crippen LogP contribution in [0.15, 0.2) is 6.33 Å². The zero-order chi connectivity index (χ0) is 12.5. The normalized spacial score (nSPS) is 10.1. The highest BCUT2D eigenvalue weighted by Gasteiger charge is 2.10. The largest absolute Gasteiger partial charge is 0.490 e. The molecule has 0 aliphatic rings. The third-order valence-corrected chi connectivity index (χ3v) is 2.10. The number of aromatic nitrogens is 2. The highest BCUT2D eigenvalue weighted by molar-refractivity contribution is 5.63. The SMILES string of the molecule is CCNc1ncnc(NCCOCC)c1OC. The first kappa shape index (κ1) is 13.5. The van der Waals surface area contributed by atoms with Gasteiger partial charge in [-0.15, -0.1) is 0 Å². The molecule has 17 heavy (non-hydrogen) atoms. The van der Waals surface area contributed by atoms with Gasteiger partial charge in [0.05, 0.1) is 13.7 Å². The molecule has 6 heteroatoms.